The highest BCUT2D eigenvalue weighted by Crippen LogP contribution is 2.30. The van der Waals surface area contributed by atoms with Crippen molar-refractivity contribution in [3.63, 3.8) is 0 Å². The van der Waals surface area contributed by atoms with Gasteiger partial charge in [-0.25, -0.2) is 0 Å². The van der Waals surface area contributed by atoms with Crippen molar-refractivity contribution in [3.05, 3.63) is 60.2 Å². The van der Waals surface area contributed by atoms with Crippen LogP contribution in [0.1, 0.15) is 296 Å². The molecule has 0 fully saturated rings. The minimum Gasteiger partial charge on any atom is -0.490 e. The minimum atomic E-state index is -0.0698. The quantitative estimate of drug-likeness (QED) is 0.0371. The Morgan fingerprint density at radius 2 is 0.682 bits per heavy atom. The van der Waals surface area contributed by atoms with Crippen molar-refractivity contribution in [1.29, 1.82) is 0 Å². The summed E-state index contributed by atoms with van der Waals surface area (Å²) in [7, 11) is 0. The van der Waals surface area contributed by atoms with Crippen LogP contribution in [-0.2, 0) is 16.0 Å². The summed E-state index contributed by atoms with van der Waals surface area (Å²) in [6.07, 6.45) is 68.5. The number of benzene rings is 1. The van der Waals surface area contributed by atoms with Crippen molar-refractivity contribution in [2.45, 2.75) is 297 Å². The van der Waals surface area contributed by atoms with Crippen molar-refractivity contribution in [2.75, 3.05) is 19.8 Å². The maximum Gasteiger partial charge on any atom is 0.305 e. The molecule has 1 rings (SSSR count). The molecule has 1 aromatic rings. The van der Waals surface area contributed by atoms with Gasteiger partial charge in [0, 0.05) is 12.8 Å². The first kappa shape index (κ1) is 61.5. The Hall–Kier alpha value is -2.49. The fraction of sp³-hybridized carbons (Fsp3) is 0.790. The average molecular weight is 920 g/mol. The predicted octanol–water partition coefficient (Wildman–Crippen LogP) is 20.6. The predicted molar refractivity (Wildman–Crippen MR) is 290 cm³/mol. The average Bonchev–Trinajstić information content (AvgIpc) is 3.32. The molecule has 1 aromatic carbocycles. The Balaban J connectivity index is 2.34. The molecule has 0 N–H and O–H groups in total. The third kappa shape index (κ3) is 44.0. The van der Waals surface area contributed by atoms with Crippen LogP contribution in [0.25, 0.3) is 0 Å². The van der Waals surface area contributed by atoms with Crippen molar-refractivity contribution < 1.29 is 19.0 Å². The molecule has 0 saturated heterocycles. The highest BCUT2D eigenvalue weighted by atomic mass is 16.5. The van der Waals surface area contributed by atoms with E-state index in [2.05, 4.69) is 75.4 Å². The maximum atomic E-state index is 12.5. The van der Waals surface area contributed by atoms with E-state index in [1.54, 1.807) is 0 Å². The van der Waals surface area contributed by atoms with Crippen molar-refractivity contribution in [3.8, 4) is 11.5 Å². The van der Waals surface area contributed by atoms with Crippen molar-refractivity contribution in [2.24, 2.45) is 0 Å². The highest BCUT2D eigenvalue weighted by Gasteiger charge is 2.10. The van der Waals surface area contributed by atoms with Gasteiger partial charge in [-0.15, -0.1) is 0 Å². The maximum absolute atomic E-state index is 12.5. The zero-order valence-electron chi connectivity index (χ0n) is 44.4. The summed E-state index contributed by atoms with van der Waals surface area (Å²) in [6, 6.07) is 6.31. The zero-order chi connectivity index (χ0) is 47.3. The molecule has 0 heterocycles. The molecule has 0 aliphatic carbocycles. The van der Waals surface area contributed by atoms with Gasteiger partial charge in [-0.1, -0.05) is 230 Å². The summed E-state index contributed by atoms with van der Waals surface area (Å²) in [4.78, 5) is 12.5. The fourth-order valence-electron chi connectivity index (χ4n) is 8.70. The van der Waals surface area contributed by atoms with Crippen LogP contribution in [0.2, 0.25) is 0 Å². The van der Waals surface area contributed by atoms with E-state index in [-0.39, 0.29) is 5.97 Å². The van der Waals surface area contributed by atoms with Crippen LogP contribution in [-0.4, -0.2) is 25.8 Å². The molecular weight excluding hydrogens is 809 g/mol. The zero-order valence-corrected chi connectivity index (χ0v) is 44.4. The van der Waals surface area contributed by atoms with Crippen LogP contribution in [0.5, 0.6) is 11.5 Å². The second kappa shape index (κ2) is 51.9. The summed E-state index contributed by atoms with van der Waals surface area (Å²) in [6.45, 7) is 8.69. The Kier molecular flexibility index (Phi) is 48.4. The third-order valence-corrected chi connectivity index (χ3v) is 13.1. The number of carbonyl (C=O) groups excluding carboxylic acids is 1. The number of hydrogen-bond donors (Lipinski definition) is 0. The lowest BCUT2D eigenvalue weighted by molar-refractivity contribution is -0.143. The van der Waals surface area contributed by atoms with Gasteiger partial charge in [-0.3, -0.25) is 4.79 Å². The third-order valence-electron chi connectivity index (χ3n) is 13.1. The van der Waals surface area contributed by atoms with Gasteiger partial charge >= 0.3 is 5.97 Å². The van der Waals surface area contributed by atoms with E-state index in [9.17, 15) is 4.79 Å². The van der Waals surface area contributed by atoms with Crippen LogP contribution in [0, 0.1) is 0 Å². The van der Waals surface area contributed by atoms with Crippen molar-refractivity contribution >= 4 is 5.97 Å². The molecule has 0 atom stereocenters. The van der Waals surface area contributed by atoms with Gasteiger partial charge in [-0.2, -0.15) is 0 Å². The number of carbonyl (C=O) groups is 1. The number of allylic oxidation sites excluding steroid dienone is 6. The standard InChI is InChI=1S/C62H110O4/c1-4-7-10-13-16-19-22-25-28-31-34-37-40-43-46-49-55-64-60-53-52-59(54-57-66-62(63)51-48-45-42-39-36-33-30-27-24-21-18-15-12-9-6-3)58-61(60)65-56-50-47-44-41-38-35-32-29-26-23-20-17-14-11-8-5-2/h25-30,52-53,58H,4-24,31-51,54-57H2,1-3H3/b28-25-,29-26-,30-27-. The fourth-order valence-corrected chi connectivity index (χ4v) is 8.70. The molecule has 0 unspecified atom stereocenters. The Morgan fingerprint density at radius 3 is 1.06 bits per heavy atom. The van der Waals surface area contributed by atoms with E-state index >= 15 is 0 Å². The Morgan fingerprint density at radius 1 is 0.364 bits per heavy atom. The number of unbranched alkanes of at least 4 members (excludes halogenated alkanes) is 35. The number of rotatable bonds is 52. The molecule has 4 nitrogen and oxygen atoms in total. The molecule has 0 aromatic heterocycles. The van der Waals surface area contributed by atoms with E-state index in [1.807, 2.05) is 0 Å². The molecule has 0 radical (unpaired) electrons. The molecule has 66 heavy (non-hydrogen) atoms. The molecular formula is C62H110O4. The van der Waals surface area contributed by atoms with Gasteiger partial charge in [0.1, 0.15) is 0 Å². The molecule has 0 amide bonds. The summed E-state index contributed by atoms with van der Waals surface area (Å²) in [5.41, 5.74) is 1.13. The normalized spacial score (nSPS) is 11.8. The van der Waals surface area contributed by atoms with E-state index in [0.29, 0.717) is 26.1 Å². The molecule has 0 bridgehead atoms. The van der Waals surface area contributed by atoms with Gasteiger partial charge in [0.05, 0.1) is 19.8 Å². The Labute approximate surface area is 411 Å². The topological polar surface area (TPSA) is 44.8 Å². The molecule has 382 valence electrons. The molecule has 0 aliphatic rings. The molecule has 0 saturated carbocycles. The lowest BCUT2D eigenvalue weighted by Crippen LogP contribution is -2.08. The monoisotopic (exact) mass is 919 g/mol. The summed E-state index contributed by atoms with van der Waals surface area (Å²) in [5, 5.41) is 0. The number of esters is 1. The van der Waals surface area contributed by atoms with E-state index < -0.39 is 0 Å². The number of hydrogen-bond acceptors (Lipinski definition) is 4. The Bertz CT molecular complexity index is 1230. The van der Waals surface area contributed by atoms with Crippen LogP contribution >= 0.6 is 0 Å². The summed E-state index contributed by atoms with van der Waals surface area (Å²) < 4.78 is 18.4. The highest BCUT2D eigenvalue weighted by molar-refractivity contribution is 5.69. The van der Waals surface area contributed by atoms with Crippen LogP contribution < -0.4 is 9.47 Å². The molecule has 4 heteroatoms. The van der Waals surface area contributed by atoms with Gasteiger partial charge in [-0.05, 0) is 114 Å². The van der Waals surface area contributed by atoms with E-state index in [0.717, 1.165) is 49.4 Å². The molecule has 0 spiro atoms. The van der Waals surface area contributed by atoms with Crippen LogP contribution in [0.3, 0.4) is 0 Å². The molecule has 0 aliphatic heterocycles. The second-order valence-electron chi connectivity index (χ2n) is 19.7. The lowest BCUT2D eigenvalue weighted by atomic mass is 10.1. The van der Waals surface area contributed by atoms with Gasteiger partial charge in [0.25, 0.3) is 0 Å². The minimum absolute atomic E-state index is 0.0698. The van der Waals surface area contributed by atoms with E-state index in [1.165, 1.54) is 238 Å². The van der Waals surface area contributed by atoms with Gasteiger partial charge in [0.15, 0.2) is 11.5 Å². The van der Waals surface area contributed by atoms with Crippen LogP contribution in [0.4, 0.5) is 0 Å². The smallest absolute Gasteiger partial charge is 0.305 e. The summed E-state index contributed by atoms with van der Waals surface area (Å²) >= 11 is 0. The van der Waals surface area contributed by atoms with Crippen molar-refractivity contribution in [1.82, 2.24) is 0 Å². The summed E-state index contributed by atoms with van der Waals surface area (Å²) in [5.74, 6) is 1.61. The first-order valence-electron chi connectivity index (χ1n) is 29.2. The van der Waals surface area contributed by atoms with Gasteiger partial charge in [0.2, 0.25) is 0 Å². The first-order chi connectivity index (χ1) is 32.7. The first-order valence-corrected chi connectivity index (χ1v) is 29.2. The second-order valence-corrected chi connectivity index (χ2v) is 19.7. The SMILES string of the molecule is CCCCCCCC/C=C\CCCCCCCCOc1ccc(CCOC(=O)CCCCCCC/C=C\CCCCCCCC)cc1OCCCCCCCC/C=C\CCCCCCCC. The largest absolute Gasteiger partial charge is 0.490 e. The van der Waals surface area contributed by atoms with E-state index in [4.69, 9.17) is 14.2 Å². The van der Waals surface area contributed by atoms with Gasteiger partial charge < -0.3 is 14.2 Å². The van der Waals surface area contributed by atoms with Crippen LogP contribution in [0.15, 0.2) is 54.7 Å². The lowest BCUT2D eigenvalue weighted by Gasteiger charge is -2.15. The number of ether oxygens (including phenoxy) is 3.